The molecule has 0 unspecified atom stereocenters. The number of nitrogens with one attached hydrogen (secondary N) is 1. The van der Waals surface area contributed by atoms with E-state index in [0.717, 1.165) is 29.9 Å². The number of carbonyl (C=O) groups is 2. The van der Waals surface area contributed by atoms with Crippen LogP contribution >= 0.6 is 0 Å². The van der Waals surface area contributed by atoms with Crippen molar-refractivity contribution in [2.75, 3.05) is 16.8 Å². The molecule has 0 aliphatic carbocycles. The van der Waals surface area contributed by atoms with Gasteiger partial charge >= 0.3 is 0 Å². The zero-order chi connectivity index (χ0) is 20.2. The number of aryl methyl sites for hydroxylation is 1. The van der Waals surface area contributed by atoms with E-state index in [4.69, 9.17) is 4.42 Å². The molecule has 5 nitrogen and oxygen atoms in total. The lowest BCUT2D eigenvalue weighted by molar-refractivity contribution is -0.118. The van der Waals surface area contributed by atoms with E-state index in [1.165, 1.54) is 24.3 Å². The average molecular weight is 392 g/mol. The molecule has 29 heavy (non-hydrogen) atoms. The minimum Gasteiger partial charge on any atom is -0.469 e. The van der Waals surface area contributed by atoms with Crippen LogP contribution in [0.15, 0.2) is 65.3 Å². The highest BCUT2D eigenvalue weighted by molar-refractivity contribution is 6.05. The van der Waals surface area contributed by atoms with Crippen molar-refractivity contribution in [3.63, 3.8) is 0 Å². The highest BCUT2D eigenvalue weighted by Gasteiger charge is 2.25. The van der Waals surface area contributed by atoms with Crippen molar-refractivity contribution < 1.29 is 18.4 Å². The number of nitrogens with zero attached hydrogens (tertiary/aromatic N) is 1. The van der Waals surface area contributed by atoms with Crippen molar-refractivity contribution in [2.24, 2.45) is 0 Å². The summed E-state index contributed by atoms with van der Waals surface area (Å²) < 4.78 is 18.4. The summed E-state index contributed by atoms with van der Waals surface area (Å²) >= 11 is 0. The van der Waals surface area contributed by atoms with Crippen LogP contribution in [0.25, 0.3) is 0 Å². The van der Waals surface area contributed by atoms with Crippen LogP contribution in [-0.4, -0.2) is 18.4 Å². The zero-order valence-electron chi connectivity index (χ0n) is 15.9. The molecule has 0 spiro atoms. The third-order valence-electron chi connectivity index (χ3n) is 5.07. The maximum absolute atomic E-state index is 13.1. The first-order chi connectivity index (χ1) is 14.1. The van der Waals surface area contributed by atoms with Crippen LogP contribution in [0.3, 0.4) is 0 Å². The van der Waals surface area contributed by atoms with Crippen molar-refractivity contribution in [3.05, 3.63) is 83.6 Å². The Morgan fingerprint density at radius 3 is 2.66 bits per heavy atom. The summed E-state index contributed by atoms with van der Waals surface area (Å²) in [6.45, 7) is 0.652. The normalized spacial score (nSPS) is 13.1. The van der Waals surface area contributed by atoms with Crippen LogP contribution in [0.2, 0.25) is 0 Å². The standard InChI is InChI=1S/C23H21FN2O3/c24-17-10-8-16(9-11-17)23(28)25-20-6-1-7-21-19(20)5-2-14-26(21)22(27)13-12-18-4-3-15-29-18/h1,3-4,6-11,15H,2,5,12-14H2,(H,25,28). The fraction of sp³-hybridized carbons (Fsp3) is 0.217. The molecule has 2 amide bonds. The molecule has 0 saturated heterocycles. The quantitative estimate of drug-likeness (QED) is 0.691. The lowest BCUT2D eigenvalue weighted by Gasteiger charge is -2.31. The summed E-state index contributed by atoms with van der Waals surface area (Å²) in [6.07, 6.45) is 4.12. The Balaban J connectivity index is 1.51. The summed E-state index contributed by atoms with van der Waals surface area (Å²) in [7, 11) is 0. The van der Waals surface area contributed by atoms with Gasteiger partial charge in [-0.1, -0.05) is 6.07 Å². The van der Waals surface area contributed by atoms with E-state index >= 15 is 0 Å². The molecule has 1 aromatic heterocycles. The van der Waals surface area contributed by atoms with Crippen LogP contribution in [0.4, 0.5) is 15.8 Å². The Bertz CT molecular complexity index is 1010. The van der Waals surface area contributed by atoms with Gasteiger partial charge in [-0.05, 0) is 66.9 Å². The third-order valence-corrected chi connectivity index (χ3v) is 5.07. The van der Waals surface area contributed by atoms with Gasteiger partial charge in [-0.15, -0.1) is 0 Å². The average Bonchev–Trinajstić information content (AvgIpc) is 3.26. The Labute approximate surface area is 168 Å². The molecule has 0 saturated carbocycles. The van der Waals surface area contributed by atoms with Gasteiger partial charge in [0, 0.05) is 36.3 Å². The molecule has 4 rings (SSSR count). The fourth-order valence-corrected chi connectivity index (χ4v) is 3.62. The van der Waals surface area contributed by atoms with Gasteiger partial charge in [0.15, 0.2) is 0 Å². The highest BCUT2D eigenvalue weighted by atomic mass is 19.1. The van der Waals surface area contributed by atoms with E-state index in [0.29, 0.717) is 30.6 Å². The largest absolute Gasteiger partial charge is 0.469 e. The molecular weight excluding hydrogens is 371 g/mol. The maximum Gasteiger partial charge on any atom is 0.255 e. The number of rotatable bonds is 5. The first-order valence-corrected chi connectivity index (χ1v) is 9.63. The van der Waals surface area contributed by atoms with Crippen molar-refractivity contribution in [2.45, 2.75) is 25.7 Å². The second-order valence-corrected chi connectivity index (χ2v) is 6.99. The molecule has 1 aliphatic rings. The maximum atomic E-state index is 13.1. The molecule has 0 bridgehead atoms. The molecular formula is C23H21FN2O3. The van der Waals surface area contributed by atoms with Crippen molar-refractivity contribution in [3.8, 4) is 0 Å². The minimum absolute atomic E-state index is 0.0318. The van der Waals surface area contributed by atoms with E-state index < -0.39 is 0 Å². The van der Waals surface area contributed by atoms with Crippen molar-refractivity contribution >= 4 is 23.2 Å². The number of amides is 2. The topological polar surface area (TPSA) is 62.6 Å². The molecule has 0 fully saturated rings. The number of hydrogen-bond acceptors (Lipinski definition) is 3. The summed E-state index contributed by atoms with van der Waals surface area (Å²) in [5, 5.41) is 2.91. The Morgan fingerprint density at radius 1 is 1.07 bits per heavy atom. The number of furan rings is 1. The second-order valence-electron chi connectivity index (χ2n) is 6.99. The van der Waals surface area contributed by atoms with E-state index in [-0.39, 0.29) is 17.6 Å². The van der Waals surface area contributed by atoms with Gasteiger partial charge in [-0.2, -0.15) is 0 Å². The van der Waals surface area contributed by atoms with E-state index in [1.807, 2.05) is 30.3 Å². The fourth-order valence-electron chi connectivity index (χ4n) is 3.62. The van der Waals surface area contributed by atoms with Gasteiger partial charge in [0.25, 0.3) is 5.91 Å². The lowest BCUT2D eigenvalue weighted by atomic mass is 9.98. The number of benzene rings is 2. The van der Waals surface area contributed by atoms with Crippen LogP contribution < -0.4 is 10.2 Å². The van der Waals surface area contributed by atoms with Gasteiger partial charge in [0.2, 0.25) is 5.91 Å². The molecule has 148 valence electrons. The highest BCUT2D eigenvalue weighted by Crippen LogP contribution is 2.33. The Hall–Kier alpha value is -3.41. The van der Waals surface area contributed by atoms with Crippen LogP contribution in [0.5, 0.6) is 0 Å². The molecule has 0 radical (unpaired) electrons. The van der Waals surface area contributed by atoms with E-state index in [9.17, 15) is 14.0 Å². The Morgan fingerprint density at radius 2 is 1.90 bits per heavy atom. The molecule has 1 aliphatic heterocycles. The molecule has 2 heterocycles. The van der Waals surface area contributed by atoms with Crippen LogP contribution in [0.1, 0.15) is 34.5 Å². The SMILES string of the molecule is O=C(Nc1cccc2c1CCCN2C(=O)CCc1ccco1)c1ccc(F)cc1. The molecule has 1 N–H and O–H groups in total. The number of anilines is 2. The summed E-state index contributed by atoms with van der Waals surface area (Å²) in [4.78, 5) is 27.1. The monoisotopic (exact) mass is 392 g/mol. The van der Waals surface area contributed by atoms with Crippen LogP contribution in [0, 0.1) is 5.82 Å². The van der Waals surface area contributed by atoms with E-state index in [1.54, 1.807) is 11.2 Å². The summed E-state index contributed by atoms with van der Waals surface area (Å²) in [6, 6.07) is 14.7. The second kappa shape index (κ2) is 8.31. The summed E-state index contributed by atoms with van der Waals surface area (Å²) in [5.74, 6) is 0.127. The number of fused-ring (bicyclic) bond motifs is 1. The molecule has 6 heteroatoms. The first kappa shape index (κ1) is 18.9. The summed E-state index contributed by atoms with van der Waals surface area (Å²) in [5.41, 5.74) is 2.84. The molecule has 3 aromatic rings. The number of hydrogen-bond donors (Lipinski definition) is 1. The molecule has 2 aromatic carbocycles. The van der Waals surface area contributed by atoms with Gasteiger partial charge in [0.05, 0.1) is 6.26 Å². The predicted molar refractivity (Wildman–Crippen MR) is 108 cm³/mol. The van der Waals surface area contributed by atoms with Gasteiger partial charge in [0.1, 0.15) is 11.6 Å². The Kier molecular flexibility index (Phi) is 5.42. The zero-order valence-corrected chi connectivity index (χ0v) is 15.9. The predicted octanol–water partition coefficient (Wildman–Crippen LogP) is 4.58. The third kappa shape index (κ3) is 4.21. The number of halogens is 1. The van der Waals surface area contributed by atoms with Crippen LogP contribution in [-0.2, 0) is 17.6 Å². The van der Waals surface area contributed by atoms with Gasteiger partial charge in [-0.3, -0.25) is 9.59 Å². The minimum atomic E-state index is -0.387. The van der Waals surface area contributed by atoms with E-state index in [2.05, 4.69) is 5.32 Å². The molecule has 0 atom stereocenters. The lowest BCUT2D eigenvalue weighted by Crippen LogP contribution is -2.36. The van der Waals surface area contributed by atoms with Gasteiger partial charge < -0.3 is 14.6 Å². The number of carbonyl (C=O) groups excluding carboxylic acids is 2. The van der Waals surface area contributed by atoms with Crippen molar-refractivity contribution in [1.82, 2.24) is 0 Å². The van der Waals surface area contributed by atoms with Gasteiger partial charge in [-0.25, -0.2) is 4.39 Å². The first-order valence-electron chi connectivity index (χ1n) is 9.63. The smallest absolute Gasteiger partial charge is 0.255 e. The van der Waals surface area contributed by atoms with Crippen molar-refractivity contribution in [1.29, 1.82) is 0 Å².